The van der Waals surface area contributed by atoms with Gasteiger partial charge in [-0.1, -0.05) is 6.07 Å². The average Bonchev–Trinajstić information content (AvgIpc) is 2.39. The summed E-state index contributed by atoms with van der Waals surface area (Å²) >= 11 is 0. The van der Waals surface area contributed by atoms with Crippen LogP contribution >= 0.6 is 0 Å². The van der Waals surface area contributed by atoms with E-state index in [1.54, 1.807) is 0 Å². The first-order valence-corrected chi connectivity index (χ1v) is 6.19. The Kier molecular flexibility index (Phi) is 6.22. The summed E-state index contributed by atoms with van der Waals surface area (Å²) in [5.41, 5.74) is 1.11. The number of carbonyl (C=O) groups is 1. The van der Waals surface area contributed by atoms with Gasteiger partial charge in [-0.15, -0.1) is 0 Å². The second kappa shape index (κ2) is 7.71. The molecule has 100 valence electrons. The van der Waals surface area contributed by atoms with Crippen molar-refractivity contribution < 1.29 is 14.3 Å². The predicted molar refractivity (Wildman–Crippen MR) is 72.4 cm³/mol. The summed E-state index contributed by atoms with van der Waals surface area (Å²) in [5, 5.41) is 0. The minimum atomic E-state index is -0.0641. The first-order chi connectivity index (χ1) is 8.71. The minimum Gasteiger partial charge on any atom is -0.486 e. The largest absolute Gasteiger partial charge is 0.486 e. The summed E-state index contributed by atoms with van der Waals surface area (Å²) in [6, 6.07) is 7.78. The first-order valence-electron chi connectivity index (χ1n) is 6.19. The predicted octanol–water partition coefficient (Wildman–Crippen LogP) is 2.13. The van der Waals surface area contributed by atoms with E-state index in [0.717, 1.165) is 18.8 Å². The molecule has 4 heteroatoms. The van der Waals surface area contributed by atoms with E-state index in [4.69, 9.17) is 9.47 Å². The summed E-state index contributed by atoms with van der Waals surface area (Å²) in [5.74, 6) is 0.648. The molecule has 0 aliphatic rings. The van der Waals surface area contributed by atoms with Crippen molar-refractivity contribution in [3.8, 4) is 5.75 Å². The fraction of sp³-hybridized carbons (Fsp3) is 0.500. The van der Waals surface area contributed by atoms with Gasteiger partial charge < -0.3 is 14.4 Å². The van der Waals surface area contributed by atoms with E-state index < -0.39 is 0 Å². The first kappa shape index (κ1) is 14.5. The monoisotopic (exact) mass is 251 g/mol. The lowest BCUT2D eigenvalue weighted by atomic mass is 10.2. The molecule has 1 aromatic rings. The number of nitrogens with zero attached hydrogens (tertiary/aromatic N) is 1. The quantitative estimate of drug-likeness (QED) is 0.709. The Morgan fingerprint density at radius 3 is 2.56 bits per heavy atom. The molecule has 0 amide bonds. The topological polar surface area (TPSA) is 38.8 Å². The van der Waals surface area contributed by atoms with Crippen LogP contribution in [0, 0.1) is 0 Å². The lowest BCUT2D eigenvalue weighted by Gasteiger charge is -2.21. The molecular weight excluding hydrogens is 230 g/mol. The lowest BCUT2D eigenvalue weighted by Crippen LogP contribution is -2.21. The van der Waals surface area contributed by atoms with Crippen LogP contribution in [0.15, 0.2) is 24.3 Å². The number of ketones is 1. The molecule has 0 atom stereocenters. The van der Waals surface area contributed by atoms with Crippen LogP contribution in [0.5, 0.6) is 5.75 Å². The Morgan fingerprint density at radius 2 is 1.94 bits per heavy atom. The zero-order chi connectivity index (χ0) is 13.4. The van der Waals surface area contributed by atoms with Crippen molar-refractivity contribution in [1.29, 1.82) is 0 Å². The number of ether oxygens (including phenoxy) is 2. The molecule has 0 fully saturated rings. The molecule has 1 rings (SSSR count). The van der Waals surface area contributed by atoms with Crippen LogP contribution in [0.2, 0.25) is 0 Å². The molecule has 0 aliphatic carbocycles. The van der Waals surface area contributed by atoms with Gasteiger partial charge in [0.2, 0.25) is 0 Å². The number of carbonyl (C=O) groups excluding carboxylic acids is 1. The maximum Gasteiger partial charge on any atom is 0.195 e. The average molecular weight is 251 g/mol. The number of methoxy groups -OCH3 is 1. The van der Waals surface area contributed by atoms with Crippen LogP contribution in [0.25, 0.3) is 0 Å². The molecule has 18 heavy (non-hydrogen) atoms. The van der Waals surface area contributed by atoms with Crippen LogP contribution in [0.1, 0.15) is 13.8 Å². The van der Waals surface area contributed by atoms with E-state index in [2.05, 4.69) is 18.7 Å². The fourth-order valence-electron chi connectivity index (χ4n) is 1.73. The molecule has 0 saturated carbocycles. The maximum absolute atomic E-state index is 11.3. The molecule has 0 bridgehead atoms. The zero-order valence-electron chi connectivity index (χ0n) is 11.3. The van der Waals surface area contributed by atoms with Gasteiger partial charge in [0.1, 0.15) is 19.0 Å². The van der Waals surface area contributed by atoms with Gasteiger partial charge >= 0.3 is 0 Å². The highest BCUT2D eigenvalue weighted by molar-refractivity contribution is 5.81. The molecule has 0 radical (unpaired) electrons. The van der Waals surface area contributed by atoms with Gasteiger partial charge in [-0.3, -0.25) is 4.79 Å². The van der Waals surface area contributed by atoms with Gasteiger partial charge in [-0.05, 0) is 26.0 Å². The number of hydrogen-bond acceptors (Lipinski definition) is 4. The highest BCUT2D eigenvalue weighted by Crippen LogP contribution is 2.20. The number of hydrogen-bond donors (Lipinski definition) is 0. The molecule has 4 nitrogen and oxygen atoms in total. The van der Waals surface area contributed by atoms with E-state index in [-0.39, 0.29) is 19.0 Å². The molecule has 0 spiro atoms. The summed E-state index contributed by atoms with van der Waals surface area (Å²) in [6.45, 7) is 6.26. The van der Waals surface area contributed by atoms with Gasteiger partial charge in [0, 0.05) is 32.0 Å². The second-order valence-electron chi connectivity index (χ2n) is 3.93. The molecule has 1 aromatic carbocycles. The summed E-state index contributed by atoms with van der Waals surface area (Å²) in [6.07, 6.45) is 0. The third kappa shape index (κ3) is 4.37. The van der Waals surface area contributed by atoms with Crippen molar-refractivity contribution in [1.82, 2.24) is 0 Å². The second-order valence-corrected chi connectivity index (χ2v) is 3.93. The normalized spacial score (nSPS) is 10.2. The Bertz CT molecular complexity index is 375. The Balaban J connectivity index is 2.62. The van der Waals surface area contributed by atoms with Crippen molar-refractivity contribution in [2.24, 2.45) is 0 Å². The summed E-state index contributed by atoms with van der Waals surface area (Å²) < 4.78 is 10.2. The highest BCUT2D eigenvalue weighted by Gasteiger charge is 2.05. The summed E-state index contributed by atoms with van der Waals surface area (Å²) in [7, 11) is 1.50. The fourth-order valence-corrected chi connectivity index (χ4v) is 1.73. The van der Waals surface area contributed by atoms with Gasteiger partial charge in [0.25, 0.3) is 0 Å². The van der Waals surface area contributed by atoms with Crippen molar-refractivity contribution in [2.45, 2.75) is 13.8 Å². The van der Waals surface area contributed by atoms with Crippen molar-refractivity contribution >= 4 is 11.5 Å². The van der Waals surface area contributed by atoms with Crippen molar-refractivity contribution in [3.63, 3.8) is 0 Å². The van der Waals surface area contributed by atoms with E-state index >= 15 is 0 Å². The zero-order valence-corrected chi connectivity index (χ0v) is 11.3. The Labute approximate surface area is 108 Å². The van der Waals surface area contributed by atoms with Crippen LogP contribution in [-0.2, 0) is 9.53 Å². The molecule has 0 unspecified atom stereocenters. The third-order valence-corrected chi connectivity index (χ3v) is 2.65. The SMILES string of the molecule is CCN(CC)c1cccc(OCC(=O)COC)c1. The van der Waals surface area contributed by atoms with Gasteiger partial charge in [0.15, 0.2) is 5.78 Å². The number of rotatable bonds is 8. The Morgan fingerprint density at radius 1 is 1.22 bits per heavy atom. The van der Waals surface area contributed by atoms with Crippen LogP contribution in [0.4, 0.5) is 5.69 Å². The smallest absolute Gasteiger partial charge is 0.195 e. The van der Waals surface area contributed by atoms with Crippen molar-refractivity contribution in [2.75, 3.05) is 38.3 Å². The number of anilines is 1. The van der Waals surface area contributed by atoms with Gasteiger partial charge in [-0.2, -0.15) is 0 Å². The third-order valence-electron chi connectivity index (χ3n) is 2.65. The molecular formula is C14H21NO3. The van der Waals surface area contributed by atoms with Gasteiger partial charge in [0.05, 0.1) is 0 Å². The highest BCUT2D eigenvalue weighted by atomic mass is 16.5. The van der Waals surface area contributed by atoms with Crippen LogP contribution in [-0.4, -0.2) is 39.2 Å². The molecule has 0 saturated heterocycles. The Hall–Kier alpha value is -1.55. The minimum absolute atomic E-state index is 0.0511. The maximum atomic E-state index is 11.3. The van der Waals surface area contributed by atoms with Crippen LogP contribution < -0.4 is 9.64 Å². The molecule has 0 heterocycles. The van der Waals surface area contributed by atoms with E-state index in [1.165, 1.54) is 7.11 Å². The number of Topliss-reactive ketones (excluding diaryl/α,β-unsaturated/α-hetero) is 1. The summed E-state index contributed by atoms with van der Waals surface area (Å²) in [4.78, 5) is 13.5. The lowest BCUT2D eigenvalue weighted by molar-refractivity contribution is -0.124. The van der Waals surface area contributed by atoms with Gasteiger partial charge in [-0.25, -0.2) is 0 Å². The van der Waals surface area contributed by atoms with E-state index in [0.29, 0.717) is 5.75 Å². The van der Waals surface area contributed by atoms with E-state index in [9.17, 15) is 4.79 Å². The number of benzene rings is 1. The standard InChI is InChI=1S/C14H21NO3/c1-4-15(5-2)12-7-6-8-14(9-12)18-11-13(16)10-17-3/h6-9H,4-5,10-11H2,1-3H3. The molecule has 0 N–H and O–H groups in total. The van der Waals surface area contributed by atoms with Crippen molar-refractivity contribution in [3.05, 3.63) is 24.3 Å². The molecule has 0 aromatic heterocycles. The molecule has 0 aliphatic heterocycles. The van der Waals surface area contributed by atoms with E-state index in [1.807, 2.05) is 24.3 Å². The van der Waals surface area contributed by atoms with Crippen LogP contribution in [0.3, 0.4) is 0 Å².